The molecule has 2 saturated heterocycles. The minimum atomic E-state index is -0.414. The Morgan fingerprint density at radius 1 is 0.714 bits per heavy atom. The lowest BCUT2D eigenvalue weighted by Crippen LogP contribution is -2.71. The molecule has 0 radical (unpaired) electrons. The van der Waals surface area contributed by atoms with Crippen LogP contribution in [0.15, 0.2) is 0 Å². The van der Waals surface area contributed by atoms with Crippen LogP contribution in [0, 0.1) is 0 Å². The fraction of sp³-hybridized carbons (Fsp3) is 1.00. The largest absolute Gasteiger partial charge is 0.312 e. The van der Waals surface area contributed by atoms with Crippen molar-refractivity contribution in [3.63, 3.8) is 0 Å². The molecule has 8 heteroatoms. The third-order valence-electron chi connectivity index (χ3n) is 4.24. The molecule has 0 saturated carbocycles. The minimum absolute atomic E-state index is 0.142. The Bertz CT molecular complexity index is 282. The summed E-state index contributed by atoms with van der Waals surface area (Å²) in [4.78, 5) is 0. The van der Waals surface area contributed by atoms with Gasteiger partial charge in [-0.1, -0.05) is 0 Å². The van der Waals surface area contributed by atoms with Gasteiger partial charge in [-0.3, -0.25) is 10.6 Å². The summed E-state index contributed by atoms with van der Waals surface area (Å²) in [5, 5.41) is 24.4. The highest BCUT2D eigenvalue weighted by Crippen LogP contribution is 1.99. The fourth-order valence-corrected chi connectivity index (χ4v) is 2.83. The first-order chi connectivity index (χ1) is 10.2. The molecular formula is C13H32N8. The molecule has 9 N–H and O–H groups in total. The van der Waals surface area contributed by atoms with Crippen molar-refractivity contribution in [3.05, 3.63) is 0 Å². The van der Waals surface area contributed by atoms with Crippen molar-refractivity contribution in [1.29, 1.82) is 0 Å². The van der Waals surface area contributed by atoms with Crippen LogP contribution < -0.4 is 43.0 Å². The van der Waals surface area contributed by atoms with Gasteiger partial charge in [0.25, 0.3) is 0 Å². The van der Waals surface area contributed by atoms with E-state index in [2.05, 4.69) is 37.2 Å². The summed E-state index contributed by atoms with van der Waals surface area (Å²) in [6, 6.07) is 0. The quantitative estimate of drug-likeness (QED) is 0.248. The van der Waals surface area contributed by atoms with Gasteiger partial charge < -0.3 is 32.3 Å². The molecule has 2 fully saturated rings. The van der Waals surface area contributed by atoms with E-state index >= 15 is 0 Å². The zero-order chi connectivity index (χ0) is 15.0. The van der Waals surface area contributed by atoms with Crippen LogP contribution in [0.3, 0.4) is 0 Å². The second-order valence-electron chi connectivity index (χ2n) is 6.05. The number of fused-ring (bicyclic) bond motifs is 5. The first-order valence-electron chi connectivity index (χ1n) is 7.99. The summed E-state index contributed by atoms with van der Waals surface area (Å²) in [5.74, 6) is 0. The second-order valence-corrected chi connectivity index (χ2v) is 6.05. The number of likely N-dealkylation sites (N-methyl/N-ethyl adjacent to an activating group) is 1. The zero-order valence-corrected chi connectivity index (χ0v) is 13.1. The van der Waals surface area contributed by atoms with E-state index in [9.17, 15) is 0 Å². The number of hydrogen-bond donors (Lipinski definition) is 8. The summed E-state index contributed by atoms with van der Waals surface area (Å²) < 4.78 is 0. The van der Waals surface area contributed by atoms with E-state index < -0.39 is 5.66 Å². The van der Waals surface area contributed by atoms with Crippen molar-refractivity contribution < 1.29 is 0 Å². The Kier molecular flexibility index (Phi) is 6.77. The number of hydrogen-bond acceptors (Lipinski definition) is 8. The van der Waals surface area contributed by atoms with Crippen LogP contribution >= 0.6 is 0 Å². The summed E-state index contributed by atoms with van der Waals surface area (Å²) in [6.45, 7) is 8.63. The molecule has 2 aliphatic rings. The summed E-state index contributed by atoms with van der Waals surface area (Å²) >= 11 is 0. The molecule has 21 heavy (non-hydrogen) atoms. The van der Waals surface area contributed by atoms with Crippen LogP contribution in [0.25, 0.3) is 0 Å². The lowest BCUT2D eigenvalue weighted by Gasteiger charge is -2.38. The molecule has 0 spiro atoms. The van der Waals surface area contributed by atoms with Crippen LogP contribution in [0.1, 0.15) is 0 Å². The average molecular weight is 300 g/mol. The van der Waals surface area contributed by atoms with Crippen molar-refractivity contribution in [2.45, 2.75) is 11.3 Å². The van der Waals surface area contributed by atoms with Crippen molar-refractivity contribution >= 4 is 0 Å². The molecule has 0 aromatic carbocycles. The molecule has 0 aliphatic carbocycles. The van der Waals surface area contributed by atoms with E-state index in [1.165, 1.54) is 0 Å². The van der Waals surface area contributed by atoms with Crippen LogP contribution in [-0.2, 0) is 0 Å². The smallest absolute Gasteiger partial charge is 0.0941 e. The fourth-order valence-electron chi connectivity index (χ4n) is 2.83. The highest BCUT2D eigenvalue weighted by molar-refractivity contribution is 4.92. The van der Waals surface area contributed by atoms with Gasteiger partial charge in [-0.2, -0.15) is 0 Å². The Hall–Kier alpha value is -0.320. The van der Waals surface area contributed by atoms with Crippen LogP contribution in [0.2, 0.25) is 0 Å². The maximum absolute atomic E-state index is 6.48. The van der Waals surface area contributed by atoms with Gasteiger partial charge in [0.05, 0.1) is 11.3 Å². The Morgan fingerprint density at radius 3 is 1.71 bits per heavy atom. The monoisotopic (exact) mass is 300 g/mol. The predicted molar refractivity (Wildman–Crippen MR) is 86.2 cm³/mol. The van der Waals surface area contributed by atoms with Gasteiger partial charge in [-0.15, -0.1) is 0 Å². The van der Waals surface area contributed by atoms with E-state index in [0.717, 1.165) is 65.4 Å². The molecule has 2 bridgehead atoms. The zero-order valence-electron chi connectivity index (χ0n) is 13.1. The van der Waals surface area contributed by atoms with Crippen LogP contribution in [0.5, 0.6) is 0 Å². The third kappa shape index (κ3) is 5.42. The van der Waals surface area contributed by atoms with Gasteiger partial charge in [0.15, 0.2) is 0 Å². The van der Waals surface area contributed by atoms with E-state index in [0.29, 0.717) is 0 Å². The molecule has 2 aliphatic heterocycles. The molecule has 0 atom stereocenters. The van der Waals surface area contributed by atoms with E-state index in [1.807, 2.05) is 7.05 Å². The maximum Gasteiger partial charge on any atom is 0.0941 e. The van der Waals surface area contributed by atoms with E-state index in [-0.39, 0.29) is 5.66 Å². The van der Waals surface area contributed by atoms with Gasteiger partial charge in [-0.25, -0.2) is 0 Å². The van der Waals surface area contributed by atoms with Crippen molar-refractivity contribution in [2.24, 2.45) is 5.73 Å². The molecule has 8 nitrogen and oxygen atoms in total. The molecular weight excluding hydrogens is 268 g/mol. The van der Waals surface area contributed by atoms with Crippen molar-refractivity contribution in [3.8, 4) is 0 Å². The van der Waals surface area contributed by atoms with Gasteiger partial charge in [0.1, 0.15) is 0 Å². The molecule has 124 valence electrons. The topological polar surface area (TPSA) is 110 Å². The van der Waals surface area contributed by atoms with Crippen LogP contribution in [-0.4, -0.2) is 83.8 Å². The van der Waals surface area contributed by atoms with Gasteiger partial charge in [0.2, 0.25) is 0 Å². The summed E-state index contributed by atoms with van der Waals surface area (Å²) in [5.41, 5.74) is 5.92. The summed E-state index contributed by atoms with van der Waals surface area (Å²) in [7, 11) is 2.01. The Labute approximate surface area is 127 Å². The molecule has 2 heterocycles. The van der Waals surface area contributed by atoms with E-state index in [4.69, 9.17) is 5.73 Å². The van der Waals surface area contributed by atoms with Gasteiger partial charge in [0, 0.05) is 65.4 Å². The lowest BCUT2D eigenvalue weighted by atomic mass is 10.1. The second kappa shape index (κ2) is 8.35. The minimum Gasteiger partial charge on any atom is -0.312 e. The van der Waals surface area contributed by atoms with Crippen LogP contribution in [0.4, 0.5) is 0 Å². The Morgan fingerprint density at radius 2 is 1.19 bits per heavy atom. The first-order valence-corrected chi connectivity index (χ1v) is 7.99. The average Bonchev–Trinajstić information content (AvgIpc) is 2.48. The normalized spacial score (nSPS) is 37.4. The van der Waals surface area contributed by atoms with Gasteiger partial charge >= 0.3 is 0 Å². The van der Waals surface area contributed by atoms with Crippen molar-refractivity contribution in [1.82, 2.24) is 37.2 Å². The van der Waals surface area contributed by atoms with Gasteiger partial charge in [-0.05, 0) is 7.05 Å². The molecule has 0 aromatic heterocycles. The molecule has 0 unspecified atom stereocenters. The predicted octanol–water partition coefficient (Wildman–Crippen LogP) is -3.88. The number of nitrogens with one attached hydrogen (secondary N) is 7. The molecule has 0 amide bonds. The Balaban J connectivity index is 2.08. The molecule has 2 rings (SSSR count). The number of nitrogens with two attached hydrogens (primary N) is 1. The maximum atomic E-state index is 6.48. The third-order valence-corrected chi connectivity index (χ3v) is 4.24. The molecule has 0 aromatic rings. The highest BCUT2D eigenvalue weighted by Gasteiger charge is 2.29. The SMILES string of the molecule is CNC12CNCCNCC(N)(CNCCNC1)NCCN2. The highest BCUT2D eigenvalue weighted by atomic mass is 15.3. The summed E-state index contributed by atoms with van der Waals surface area (Å²) in [6.07, 6.45) is 0. The first kappa shape index (κ1) is 17.0. The van der Waals surface area contributed by atoms with Crippen molar-refractivity contribution in [2.75, 3.05) is 72.5 Å². The number of rotatable bonds is 1. The standard InChI is InChI=1S/C13H32N8/c1-15-13-10-18-4-2-16-8-12(14,20-6-7-21-13)9-17-3-5-19-11-13/h15-21H,2-11,14H2,1H3. The lowest BCUT2D eigenvalue weighted by molar-refractivity contribution is 0.228. The van der Waals surface area contributed by atoms with E-state index in [1.54, 1.807) is 0 Å².